The number of benzene rings is 2. The van der Waals surface area contributed by atoms with Crippen LogP contribution in [-0.4, -0.2) is 40.4 Å². The highest BCUT2D eigenvalue weighted by atomic mass is 32.2. The van der Waals surface area contributed by atoms with Gasteiger partial charge in [-0.2, -0.15) is 0 Å². The van der Waals surface area contributed by atoms with Gasteiger partial charge in [-0.05, 0) is 67.3 Å². The normalized spacial score (nSPS) is 13.4. The number of rotatable bonds is 6. The van der Waals surface area contributed by atoms with Crippen LogP contribution < -0.4 is 9.04 Å². The minimum absolute atomic E-state index is 0.137. The summed E-state index contributed by atoms with van der Waals surface area (Å²) in [5.41, 5.74) is 4.11. The predicted molar refractivity (Wildman–Crippen MR) is 104 cm³/mol. The Morgan fingerprint density at radius 2 is 1.78 bits per heavy atom. The van der Waals surface area contributed by atoms with Crippen molar-refractivity contribution in [2.45, 2.75) is 20.3 Å². The van der Waals surface area contributed by atoms with Crippen LogP contribution in [-0.2, 0) is 21.2 Å². The number of hydrogen-bond acceptors (Lipinski definition) is 5. The van der Waals surface area contributed by atoms with Gasteiger partial charge in [-0.1, -0.05) is 6.07 Å². The van der Waals surface area contributed by atoms with Gasteiger partial charge in [0.2, 0.25) is 10.0 Å². The molecule has 0 atom stereocenters. The van der Waals surface area contributed by atoms with E-state index in [1.54, 1.807) is 18.2 Å². The summed E-state index contributed by atoms with van der Waals surface area (Å²) in [6, 6.07) is 10.9. The molecule has 2 aromatic rings. The lowest BCUT2D eigenvalue weighted by Crippen LogP contribution is -2.27. The van der Waals surface area contributed by atoms with E-state index >= 15 is 0 Å². The number of hydrogen-bond donors (Lipinski definition) is 0. The summed E-state index contributed by atoms with van der Waals surface area (Å²) in [5.74, 6) is 0.307. The second-order valence-corrected chi connectivity index (χ2v) is 8.64. The fourth-order valence-corrected chi connectivity index (χ4v) is 4.19. The van der Waals surface area contributed by atoms with Gasteiger partial charge in [0.25, 0.3) is 0 Å². The van der Waals surface area contributed by atoms with Crippen molar-refractivity contribution in [3.05, 3.63) is 58.7 Å². The number of aryl methyl sites for hydroxylation is 2. The first-order valence-electron chi connectivity index (χ1n) is 8.73. The smallest absolute Gasteiger partial charge is 0.338 e. The number of esters is 1. The van der Waals surface area contributed by atoms with E-state index in [1.807, 2.05) is 26.0 Å². The third-order valence-electron chi connectivity index (χ3n) is 4.35. The van der Waals surface area contributed by atoms with Gasteiger partial charge < -0.3 is 9.47 Å². The van der Waals surface area contributed by atoms with Crippen molar-refractivity contribution >= 4 is 21.7 Å². The van der Waals surface area contributed by atoms with Crippen molar-refractivity contribution in [3.63, 3.8) is 0 Å². The fourth-order valence-electron chi connectivity index (χ4n) is 3.24. The maximum Gasteiger partial charge on any atom is 0.338 e. The Hall–Kier alpha value is -2.54. The summed E-state index contributed by atoms with van der Waals surface area (Å²) < 4.78 is 35.8. The van der Waals surface area contributed by atoms with Gasteiger partial charge in [-0.3, -0.25) is 4.31 Å². The summed E-state index contributed by atoms with van der Waals surface area (Å²) in [5, 5.41) is 0. The largest absolute Gasteiger partial charge is 0.490 e. The predicted octanol–water partition coefficient (Wildman–Crippen LogP) is 2.86. The van der Waals surface area contributed by atoms with Crippen LogP contribution in [0, 0.1) is 13.8 Å². The summed E-state index contributed by atoms with van der Waals surface area (Å²) in [6.45, 7) is 4.80. The maximum atomic E-state index is 12.2. The zero-order valence-corrected chi connectivity index (χ0v) is 16.5. The van der Waals surface area contributed by atoms with Crippen LogP contribution in [0.2, 0.25) is 0 Å². The molecule has 1 aliphatic rings. The molecule has 7 heteroatoms. The second kappa shape index (κ2) is 7.60. The van der Waals surface area contributed by atoms with E-state index in [2.05, 4.69) is 6.07 Å². The van der Waals surface area contributed by atoms with Crippen molar-refractivity contribution in [1.82, 2.24) is 0 Å². The van der Waals surface area contributed by atoms with Crippen LogP contribution in [0.15, 0.2) is 36.4 Å². The summed E-state index contributed by atoms with van der Waals surface area (Å²) >= 11 is 0. The SMILES string of the molecule is Cc1cc(C)cc(OCCOC(=O)c2ccc3c(c2)CCN3S(C)(=O)=O)c1. The van der Waals surface area contributed by atoms with E-state index in [0.29, 0.717) is 24.2 Å². The molecule has 0 saturated heterocycles. The third kappa shape index (κ3) is 4.60. The molecule has 3 rings (SSSR count). The maximum absolute atomic E-state index is 12.2. The van der Waals surface area contributed by atoms with Crippen molar-refractivity contribution in [2.75, 3.05) is 30.3 Å². The van der Waals surface area contributed by atoms with Crippen molar-refractivity contribution < 1.29 is 22.7 Å². The number of ether oxygens (including phenoxy) is 2. The Kier molecular flexibility index (Phi) is 5.41. The zero-order valence-electron chi connectivity index (χ0n) is 15.7. The first-order chi connectivity index (χ1) is 12.7. The third-order valence-corrected chi connectivity index (χ3v) is 5.53. The van der Waals surface area contributed by atoms with E-state index in [0.717, 1.165) is 22.4 Å². The first-order valence-corrected chi connectivity index (χ1v) is 10.6. The van der Waals surface area contributed by atoms with E-state index in [4.69, 9.17) is 9.47 Å². The highest BCUT2D eigenvalue weighted by molar-refractivity contribution is 7.92. The molecule has 2 aromatic carbocycles. The lowest BCUT2D eigenvalue weighted by atomic mass is 10.1. The minimum Gasteiger partial charge on any atom is -0.490 e. The molecule has 0 N–H and O–H groups in total. The molecule has 0 saturated carbocycles. The highest BCUT2D eigenvalue weighted by Gasteiger charge is 2.26. The van der Waals surface area contributed by atoms with Crippen molar-refractivity contribution in [2.24, 2.45) is 0 Å². The molecule has 0 radical (unpaired) electrons. The molecular formula is C20H23NO5S. The molecule has 0 spiro atoms. The van der Waals surface area contributed by atoms with Crippen LogP contribution in [0.3, 0.4) is 0 Å². The molecule has 27 heavy (non-hydrogen) atoms. The van der Waals surface area contributed by atoms with Gasteiger partial charge in [0.15, 0.2) is 0 Å². The monoisotopic (exact) mass is 389 g/mol. The van der Waals surface area contributed by atoms with Gasteiger partial charge in [-0.15, -0.1) is 0 Å². The van der Waals surface area contributed by atoms with Gasteiger partial charge in [0, 0.05) is 6.54 Å². The first kappa shape index (κ1) is 19.2. The molecular weight excluding hydrogens is 366 g/mol. The Bertz CT molecular complexity index is 948. The van der Waals surface area contributed by atoms with Crippen LogP contribution in [0.25, 0.3) is 0 Å². The van der Waals surface area contributed by atoms with E-state index < -0.39 is 16.0 Å². The minimum atomic E-state index is -3.30. The lowest BCUT2D eigenvalue weighted by Gasteiger charge is -2.16. The van der Waals surface area contributed by atoms with Crippen LogP contribution >= 0.6 is 0 Å². The molecule has 0 aliphatic carbocycles. The molecule has 144 valence electrons. The highest BCUT2D eigenvalue weighted by Crippen LogP contribution is 2.30. The number of fused-ring (bicyclic) bond motifs is 1. The molecule has 1 heterocycles. The molecule has 0 unspecified atom stereocenters. The molecule has 0 aromatic heterocycles. The number of nitrogens with zero attached hydrogens (tertiary/aromatic N) is 1. The number of carbonyl (C=O) groups excluding carboxylic acids is 1. The van der Waals surface area contributed by atoms with Gasteiger partial charge >= 0.3 is 5.97 Å². The van der Waals surface area contributed by atoms with E-state index in [1.165, 1.54) is 10.6 Å². The van der Waals surface area contributed by atoms with Crippen molar-refractivity contribution in [1.29, 1.82) is 0 Å². The Morgan fingerprint density at radius 3 is 2.44 bits per heavy atom. The number of sulfonamides is 1. The number of anilines is 1. The van der Waals surface area contributed by atoms with Crippen LogP contribution in [0.5, 0.6) is 5.75 Å². The average Bonchev–Trinajstić information content (AvgIpc) is 3.01. The quantitative estimate of drug-likeness (QED) is 0.561. The molecule has 6 nitrogen and oxygen atoms in total. The van der Waals surface area contributed by atoms with Crippen LogP contribution in [0.1, 0.15) is 27.0 Å². The molecule has 1 aliphatic heterocycles. The topological polar surface area (TPSA) is 72.9 Å². The molecule has 0 bridgehead atoms. The molecule has 0 amide bonds. The average molecular weight is 389 g/mol. The summed E-state index contributed by atoms with van der Waals surface area (Å²) in [6.07, 6.45) is 1.76. The van der Waals surface area contributed by atoms with Crippen molar-refractivity contribution in [3.8, 4) is 5.75 Å². The Morgan fingerprint density at radius 1 is 1.07 bits per heavy atom. The number of carbonyl (C=O) groups is 1. The summed E-state index contributed by atoms with van der Waals surface area (Å²) in [7, 11) is -3.30. The van der Waals surface area contributed by atoms with Crippen LogP contribution in [0.4, 0.5) is 5.69 Å². The van der Waals surface area contributed by atoms with E-state index in [-0.39, 0.29) is 13.2 Å². The van der Waals surface area contributed by atoms with E-state index in [9.17, 15) is 13.2 Å². The summed E-state index contributed by atoms with van der Waals surface area (Å²) in [4.78, 5) is 12.2. The van der Waals surface area contributed by atoms with Gasteiger partial charge in [-0.25, -0.2) is 13.2 Å². The second-order valence-electron chi connectivity index (χ2n) is 6.74. The van der Waals surface area contributed by atoms with Gasteiger partial charge in [0.1, 0.15) is 19.0 Å². The Balaban J connectivity index is 1.56. The van der Waals surface area contributed by atoms with Gasteiger partial charge in [0.05, 0.1) is 17.5 Å². The lowest BCUT2D eigenvalue weighted by molar-refractivity contribution is 0.0450. The standard InChI is InChI=1S/C20H23NO5S/c1-14-10-15(2)12-18(11-14)25-8-9-26-20(22)17-4-5-19-16(13-17)6-7-21(19)27(3,23)24/h4-5,10-13H,6-9H2,1-3H3. The Labute approximate surface area is 159 Å². The molecule has 0 fully saturated rings. The fraction of sp³-hybridized carbons (Fsp3) is 0.350. The zero-order chi connectivity index (χ0) is 19.6.